The van der Waals surface area contributed by atoms with E-state index in [9.17, 15) is 13.2 Å². The van der Waals surface area contributed by atoms with E-state index in [4.69, 9.17) is 5.26 Å². The first-order valence-electron chi connectivity index (χ1n) is 10.2. The SMILES string of the molecule is CC(C)(C)c1cc(NC(=O)CS(=O)(=O)Cc2ccc(C#N)cc2)n(Cc2ccccc2)n1. The van der Waals surface area contributed by atoms with Gasteiger partial charge < -0.3 is 5.32 Å². The lowest BCUT2D eigenvalue weighted by Gasteiger charge is -2.14. The summed E-state index contributed by atoms with van der Waals surface area (Å²) in [6.45, 7) is 6.52. The van der Waals surface area contributed by atoms with E-state index >= 15 is 0 Å². The molecule has 3 rings (SSSR count). The minimum atomic E-state index is -3.69. The van der Waals surface area contributed by atoms with Crippen molar-refractivity contribution in [1.29, 1.82) is 5.26 Å². The number of rotatable bonds is 7. The van der Waals surface area contributed by atoms with Crippen LogP contribution in [0.1, 0.15) is 43.2 Å². The van der Waals surface area contributed by atoms with Gasteiger partial charge in [0.05, 0.1) is 29.6 Å². The number of aromatic nitrogens is 2. The van der Waals surface area contributed by atoms with E-state index in [2.05, 4.69) is 10.4 Å². The Labute approximate surface area is 188 Å². The van der Waals surface area contributed by atoms with Crippen molar-refractivity contribution in [2.75, 3.05) is 11.1 Å². The van der Waals surface area contributed by atoms with Crippen molar-refractivity contribution in [2.45, 2.75) is 38.5 Å². The first-order valence-corrected chi connectivity index (χ1v) is 12.0. The van der Waals surface area contributed by atoms with Crippen LogP contribution < -0.4 is 5.32 Å². The van der Waals surface area contributed by atoms with Crippen molar-refractivity contribution in [2.24, 2.45) is 0 Å². The van der Waals surface area contributed by atoms with Gasteiger partial charge in [0.2, 0.25) is 5.91 Å². The zero-order chi connectivity index (χ0) is 23.4. The molecule has 32 heavy (non-hydrogen) atoms. The second-order valence-corrected chi connectivity index (χ2v) is 10.8. The Morgan fingerprint density at radius 2 is 1.72 bits per heavy atom. The number of anilines is 1. The lowest BCUT2D eigenvalue weighted by Crippen LogP contribution is -2.25. The van der Waals surface area contributed by atoms with Crippen molar-refractivity contribution in [3.8, 4) is 6.07 Å². The molecule has 1 N–H and O–H groups in total. The Balaban J connectivity index is 1.75. The smallest absolute Gasteiger partial charge is 0.240 e. The summed E-state index contributed by atoms with van der Waals surface area (Å²) in [7, 11) is -3.69. The van der Waals surface area contributed by atoms with Crippen LogP contribution in [0, 0.1) is 11.3 Å². The van der Waals surface area contributed by atoms with Crippen LogP contribution in [0.25, 0.3) is 0 Å². The molecule has 1 heterocycles. The van der Waals surface area contributed by atoms with E-state index < -0.39 is 21.5 Å². The minimum Gasteiger partial charge on any atom is -0.310 e. The van der Waals surface area contributed by atoms with Crippen LogP contribution in [-0.4, -0.2) is 29.9 Å². The van der Waals surface area contributed by atoms with Gasteiger partial charge in [-0.1, -0.05) is 63.2 Å². The molecular formula is C24H26N4O3S. The summed E-state index contributed by atoms with van der Waals surface area (Å²) < 4.78 is 26.8. The molecule has 8 heteroatoms. The minimum absolute atomic E-state index is 0.233. The van der Waals surface area contributed by atoms with Crippen LogP contribution in [0.4, 0.5) is 5.82 Å². The topological polar surface area (TPSA) is 105 Å². The molecule has 0 bridgehead atoms. The van der Waals surface area contributed by atoms with E-state index in [1.54, 1.807) is 35.0 Å². The van der Waals surface area contributed by atoms with Gasteiger partial charge in [-0.3, -0.25) is 4.79 Å². The number of sulfone groups is 1. The molecule has 1 amide bonds. The highest BCUT2D eigenvalue weighted by Gasteiger charge is 2.23. The lowest BCUT2D eigenvalue weighted by atomic mass is 9.92. The molecule has 0 saturated heterocycles. The number of hydrogen-bond acceptors (Lipinski definition) is 5. The van der Waals surface area contributed by atoms with Gasteiger partial charge in [0.25, 0.3) is 0 Å². The molecule has 166 valence electrons. The third-order valence-electron chi connectivity index (χ3n) is 4.81. The molecule has 0 radical (unpaired) electrons. The number of nitriles is 1. The third kappa shape index (κ3) is 6.28. The summed E-state index contributed by atoms with van der Waals surface area (Å²) in [5.74, 6) is -1.08. The summed E-state index contributed by atoms with van der Waals surface area (Å²) in [6, 6.07) is 19.8. The highest BCUT2D eigenvalue weighted by molar-refractivity contribution is 7.91. The Morgan fingerprint density at radius 1 is 1.06 bits per heavy atom. The molecule has 7 nitrogen and oxygen atoms in total. The van der Waals surface area contributed by atoms with Crippen molar-refractivity contribution in [3.05, 3.63) is 83.0 Å². The number of amides is 1. The molecule has 0 fully saturated rings. The fourth-order valence-corrected chi connectivity index (χ4v) is 4.39. The second kappa shape index (κ2) is 9.37. The molecule has 0 spiro atoms. The first kappa shape index (κ1) is 23.2. The van der Waals surface area contributed by atoms with Crippen LogP contribution in [-0.2, 0) is 32.3 Å². The largest absolute Gasteiger partial charge is 0.310 e. The first-order chi connectivity index (χ1) is 15.1. The van der Waals surface area contributed by atoms with Crippen molar-refractivity contribution in [3.63, 3.8) is 0 Å². The highest BCUT2D eigenvalue weighted by Crippen LogP contribution is 2.25. The molecule has 2 aromatic carbocycles. The molecule has 0 atom stereocenters. The Hall–Kier alpha value is -3.44. The Bertz CT molecular complexity index is 1230. The zero-order valence-electron chi connectivity index (χ0n) is 18.4. The number of carbonyl (C=O) groups excluding carboxylic acids is 1. The monoisotopic (exact) mass is 450 g/mol. The average molecular weight is 451 g/mol. The van der Waals surface area contributed by atoms with Crippen LogP contribution in [0.15, 0.2) is 60.7 Å². The van der Waals surface area contributed by atoms with Gasteiger partial charge in [-0.15, -0.1) is 0 Å². The average Bonchev–Trinajstić information content (AvgIpc) is 3.11. The molecular weight excluding hydrogens is 424 g/mol. The van der Waals surface area contributed by atoms with Gasteiger partial charge in [0, 0.05) is 11.5 Å². The van der Waals surface area contributed by atoms with Crippen LogP contribution in [0.5, 0.6) is 0 Å². The van der Waals surface area contributed by atoms with E-state index in [1.807, 2.05) is 57.2 Å². The number of nitrogens with one attached hydrogen (secondary N) is 1. The predicted molar refractivity (Wildman–Crippen MR) is 124 cm³/mol. The summed E-state index contributed by atoms with van der Waals surface area (Å²) in [5, 5.41) is 16.2. The number of benzene rings is 2. The maximum Gasteiger partial charge on any atom is 0.240 e. The zero-order valence-corrected chi connectivity index (χ0v) is 19.2. The van der Waals surface area contributed by atoms with Gasteiger partial charge in [0.1, 0.15) is 11.6 Å². The van der Waals surface area contributed by atoms with Crippen LogP contribution in [0.2, 0.25) is 0 Å². The fraction of sp³-hybridized carbons (Fsp3) is 0.292. The molecule has 0 aliphatic rings. The molecule has 0 saturated carbocycles. The molecule has 0 aliphatic carbocycles. The Morgan fingerprint density at radius 3 is 2.31 bits per heavy atom. The standard InChI is InChI=1S/C24H26N4O3S/c1-24(2,3)21-13-22(28(27-21)15-19-7-5-4-6-8-19)26-23(29)17-32(30,31)16-20-11-9-18(14-25)10-12-20/h4-13H,15-17H2,1-3H3,(H,26,29). The number of hydrogen-bond donors (Lipinski definition) is 1. The Kier molecular flexibility index (Phi) is 6.80. The predicted octanol–water partition coefficient (Wildman–Crippen LogP) is 3.65. The molecule has 0 unspecified atom stereocenters. The summed E-state index contributed by atoms with van der Waals surface area (Å²) in [6.07, 6.45) is 0. The van der Waals surface area contributed by atoms with Crippen molar-refractivity contribution in [1.82, 2.24) is 9.78 Å². The van der Waals surface area contributed by atoms with Gasteiger partial charge in [-0.05, 0) is 23.3 Å². The number of nitrogens with zero attached hydrogens (tertiary/aromatic N) is 3. The summed E-state index contributed by atoms with van der Waals surface area (Å²) >= 11 is 0. The van der Waals surface area contributed by atoms with Gasteiger partial charge >= 0.3 is 0 Å². The van der Waals surface area contributed by atoms with Crippen molar-refractivity contribution >= 4 is 21.6 Å². The van der Waals surface area contributed by atoms with Gasteiger partial charge in [0.15, 0.2) is 9.84 Å². The number of carbonyl (C=O) groups is 1. The van der Waals surface area contributed by atoms with Gasteiger partial charge in [-0.25, -0.2) is 13.1 Å². The quantitative estimate of drug-likeness (QED) is 0.591. The maximum atomic E-state index is 12.6. The summed E-state index contributed by atoms with van der Waals surface area (Å²) in [5.41, 5.74) is 2.55. The van der Waals surface area contributed by atoms with Crippen molar-refractivity contribution < 1.29 is 13.2 Å². The van der Waals surface area contributed by atoms with E-state index in [0.717, 1.165) is 11.3 Å². The second-order valence-electron chi connectivity index (χ2n) is 8.70. The van der Waals surface area contributed by atoms with Crippen LogP contribution >= 0.6 is 0 Å². The maximum absolute atomic E-state index is 12.6. The lowest BCUT2D eigenvalue weighted by molar-refractivity contribution is -0.113. The van der Waals surface area contributed by atoms with E-state index in [0.29, 0.717) is 23.5 Å². The van der Waals surface area contributed by atoms with Crippen LogP contribution in [0.3, 0.4) is 0 Å². The van der Waals surface area contributed by atoms with Gasteiger partial charge in [-0.2, -0.15) is 10.4 Å². The molecule has 0 aliphatic heterocycles. The molecule has 1 aromatic heterocycles. The van der Waals surface area contributed by atoms with E-state index in [-0.39, 0.29) is 11.2 Å². The fourth-order valence-electron chi connectivity index (χ4n) is 3.12. The third-order valence-corrected chi connectivity index (χ3v) is 6.29. The molecule has 3 aromatic rings. The highest BCUT2D eigenvalue weighted by atomic mass is 32.2. The summed E-state index contributed by atoms with van der Waals surface area (Å²) in [4.78, 5) is 12.6. The van der Waals surface area contributed by atoms with E-state index in [1.165, 1.54) is 0 Å². The normalized spacial score (nSPS) is 11.7.